The van der Waals surface area contributed by atoms with Gasteiger partial charge < -0.3 is 10.1 Å². The summed E-state index contributed by atoms with van der Waals surface area (Å²) >= 11 is 1.97. The molecule has 0 spiro atoms. The van der Waals surface area contributed by atoms with Gasteiger partial charge in [-0.3, -0.25) is 10.1 Å². The molecule has 1 heterocycles. The van der Waals surface area contributed by atoms with Crippen molar-refractivity contribution in [3.05, 3.63) is 28.3 Å². The van der Waals surface area contributed by atoms with Crippen molar-refractivity contribution >= 4 is 23.1 Å². The fourth-order valence-electron chi connectivity index (χ4n) is 2.10. The van der Waals surface area contributed by atoms with Crippen molar-refractivity contribution in [1.29, 1.82) is 0 Å². The summed E-state index contributed by atoms with van der Waals surface area (Å²) in [5.74, 6) is 3.59. The minimum absolute atomic E-state index is 0.0712. The van der Waals surface area contributed by atoms with Gasteiger partial charge in [0.25, 0.3) is 5.69 Å². The average molecular weight is 296 g/mol. The van der Waals surface area contributed by atoms with E-state index in [-0.39, 0.29) is 10.6 Å². The molecule has 110 valence electrons. The van der Waals surface area contributed by atoms with Crippen LogP contribution in [-0.2, 0) is 0 Å². The molecule has 1 N–H and O–H groups in total. The highest BCUT2D eigenvalue weighted by Crippen LogP contribution is 2.28. The Morgan fingerprint density at radius 2 is 2.35 bits per heavy atom. The highest BCUT2D eigenvalue weighted by molar-refractivity contribution is 7.99. The zero-order chi connectivity index (χ0) is 14.4. The molecule has 0 bridgehead atoms. The molecule has 1 aliphatic rings. The molecule has 0 aliphatic carbocycles. The first-order valence-electron chi connectivity index (χ1n) is 6.93. The van der Waals surface area contributed by atoms with Gasteiger partial charge in [0.05, 0.1) is 17.6 Å². The summed E-state index contributed by atoms with van der Waals surface area (Å²) in [6.07, 6.45) is 2.09. The van der Waals surface area contributed by atoms with Crippen LogP contribution in [0, 0.1) is 16.0 Å². The molecule has 6 heteroatoms. The van der Waals surface area contributed by atoms with E-state index >= 15 is 0 Å². The molecular weight excluding hydrogens is 276 g/mol. The molecule has 1 aromatic rings. The van der Waals surface area contributed by atoms with Crippen molar-refractivity contribution in [2.75, 3.05) is 30.0 Å². The van der Waals surface area contributed by atoms with Crippen LogP contribution < -0.4 is 10.1 Å². The van der Waals surface area contributed by atoms with Crippen LogP contribution in [0.25, 0.3) is 0 Å². The minimum Gasteiger partial charge on any atom is -0.493 e. The first kappa shape index (κ1) is 15.0. The minimum atomic E-state index is -0.380. The summed E-state index contributed by atoms with van der Waals surface area (Å²) < 4.78 is 5.51. The smallest absolute Gasteiger partial charge is 0.275 e. The maximum Gasteiger partial charge on any atom is 0.275 e. The van der Waals surface area contributed by atoms with Crippen LogP contribution in [0.2, 0.25) is 0 Å². The SMILES string of the molecule is CCCOc1cc(NCC2CCSC2)cc([N+](=O)[O-])c1. The maximum absolute atomic E-state index is 11.0. The number of nitro groups is 1. The number of rotatable bonds is 7. The van der Waals surface area contributed by atoms with E-state index < -0.39 is 0 Å². The zero-order valence-electron chi connectivity index (χ0n) is 11.6. The molecule has 0 radical (unpaired) electrons. The van der Waals surface area contributed by atoms with E-state index in [9.17, 15) is 10.1 Å². The molecule has 1 atom stereocenters. The normalized spacial score (nSPS) is 17.9. The monoisotopic (exact) mass is 296 g/mol. The zero-order valence-corrected chi connectivity index (χ0v) is 12.4. The largest absolute Gasteiger partial charge is 0.493 e. The van der Waals surface area contributed by atoms with Crippen LogP contribution in [0.5, 0.6) is 5.75 Å². The van der Waals surface area contributed by atoms with E-state index in [1.807, 2.05) is 24.8 Å². The van der Waals surface area contributed by atoms with Crippen LogP contribution in [0.15, 0.2) is 18.2 Å². The second kappa shape index (κ2) is 7.38. The first-order valence-corrected chi connectivity index (χ1v) is 8.08. The molecule has 1 saturated heterocycles. The molecule has 0 saturated carbocycles. The maximum atomic E-state index is 11.0. The number of hydrogen-bond donors (Lipinski definition) is 1. The van der Waals surface area contributed by atoms with Gasteiger partial charge in [-0.25, -0.2) is 0 Å². The van der Waals surface area contributed by atoms with Gasteiger partial charge in [-0.15, -0.1) is 0 Å². The number of ether oxygens (including phenoxy) is 1. The molecule has 20 heavy (non-hydrogen) atoms. The standard InChI is InChI=1S/C14H20N2O3S/c1-2-4-19-14-7-12(6-13(8-14)16(17)18)15-9-11-3-5-20-10-11/h6-8,11,15H,2-5,9-10H2,1H3. The quantitative estimate of drug-likeness (QED) is 0.616. The summed E-state index contributed by atoms with van der Waals surface area (Å²) in [5.41, 5.74) is 0.837. The first-order chi connectivity index (χ1) is 9.69. The summed E-state index contributed by atoms with van der Waals surface area (Å²) in [7, 11) is 0. The van der Waals surface area contributed by atoms with Crippen LogP contribution in [0.3, 0.4) is 0 Å². The topological polar surface area (TPSA) is 64.4 Å². The highest BCUT2D eigenvalue weighted by atomic mass is 32.2. The van der Waals surface area contributed by atoms with Gasteiger partial charge in [-0.05, 0) is 30.3 Å². The van der Waals surface area contributed by atoms with Gasteiger partial charge in [-0.2, -0.15) is 11.8 Å². The Morgan fingerprint density at radius 1 is 1.50 bits per heavy atom. The molecule has 1 aliphatic heterocycles. The molecule has 1 aromatic carbocycles. The van der Waals surface area contributed by atoms with E-state index in [0.29, 0.717) is 18.3 Å². The summed E-state index contributed by atoms with van der Waals surface area (Å²) in [6.45, 7) is 3.44. The molecule has 1 unspecified atom stereocenters. The van der Waals surface area contributed by atoms with Gasteiger partial charge in [0.2, 0.25) is 0 Å². The number of hydrogen-bond acceptors (Lipinski definition) is 5. The van der Waals surface area contributed by atoms with Crippen molar-refractivity contribution in [2.24, 2.45) is 5.92 Å². The third-order valence-corrected chi connectivity index (χ3v) is 4.43. The summed E-state index contributed by atoms with van der Waals surface area (Å²) in [4.78, 5) is 10.6. The highest BCUT2D eigenvalue weighted by Gasteiger charge is 2.16. The number of nitro benzene ring substituents is 1. The summed E-state index contributed by atoms with van der Waals surface area (Å²) in [5, 5.41) is 14.3. The van der Waals surface area contributed by atoms with E-state index in [1.165, 1.54) is 24.0 Å². The fourth-order valence-corrected chi connectivity index (χ4v) is 3.39. The van der Waals surface area contributed by atoms with Crippen LogP contribution in [0.1, 0.15) is 19.8 Å². The van der Waals surface area contributed by atoms with Crippen molar-refractivity contribution in [3.63, 3.8) is 0 Å². The fraction of sp³-hybridized carbons (Fsp3) is 0.571. The molecule has 0 aromatic heterocycles. The number of nitrogens with zero attached hydrogens (tertiary/aromatic N) is 1. The number of benzene rings is 1. The second-order valence-corrected chi connectivity index (χ2v) is 6.08. The van der Waals surface area contributed by atoms with Crippen molar-refractivity contribution in [2.45, 2.75) is 19.8 Å². The number of nitrogens with one attached hydrogen (secondary N) is 1. The predicted molar refractivity (Wildman–Crippen MR) is 82.8 cm³/mol. The average Bonchev–Trinajstić information content (AvgIpc) is 2.96. The lowest BCUT2D eigenvalue weighted by Crippen LogP contribution is -2.13. The van der Waals surface area contributed by atoms with Crippen molar-refractivity contribution < 1.29 is 9.66 Å². The molecule has 2 rings (SSSR count). The Bertz CT molecular complexity index is 462. The third-order valence-electron chi connectivity index (χ3n) is 3.19. The van der Waals surface area contributed by atoms with Crippen molar-refractivity contribution in [3.8, 4) is 5.75 Å². The lowest BCUT2D eigenvalue weighted by molar-refractivity contribution is -0.384. The van der Waals surface area contributed by atoms with E-state index in [2.05, 4.69) is 5.32 Å². The van der Waals surface area contributed by atoms with Gasteiger partial charge in [-0.1, -0.05) is 6.92 Å². The van der Waals surface area contributed by atoms with Crippen LogP contribution in [-0.4, -0.2) is 29.6 Å². The van der Waals surface area contributed by atoms with Crippen LogP contribution in [0.4, 0.5) is 11.4 Å². The third kappa shape index (κ3) is 4.30. The van der Waals surface area contributed by atoms with E-state index in [0.717, 1.165) is 18.7 Å². The molecule has 0 amide bonds. The van der Waals surface area contributed by atoms with Gasteiger partial charge in [0.1, 0.15) is 5.75 Å². The molecule has 5 nitrogen and oxygen atoms in total. The van der Waals surface area contributed by atoms with Crippen LogP contribution >= 0.6 is 11.8 Å². The van der Waals surface area contributed by atoms with Crippen molar-refractivity contribution in [1.82, 2.24) is 0 Å². The molecule has 1 fully saturated rings. The van der Waals surface area contributed by atoms with Gasteiger partial charge in [0, 0.05) is 24.4 Å². The van der Waals surface area contributed by atoms with Gasteiger partial charge in [0.15, 0.2) is 0 Å². The molecular formula is C14H20N2O3S. The second-order valence-electron chi connectivity index (χ2n) is 4.93. The Kier molecular flexibility index (Phi) is 5.52. The Morgan fingerprint density at radius 3 is 3.00 bits per heavy atom. The summed E-state index contributed by atoms with van der Waals surface area (Å²) in [6, 6.07) is 4.89. The lowest BCUT2D eigenvalue weighted by atomic mass is 10.1. The number of thioether (sulfide) groups is 1. The lowest BCUT2D eigenvalue weighted by Gasteiger charge is -2.12. The number of non-ortho nitro benzene ring substituents is 1. The van der Waals surface area contributed by atoms with E-state index in [4.69, 9.17) is 4.74 Å². The Labute approximate surface area is 123 Å². The number of anilines is 1. The van der Waals surface area contributed by atoms with Gasteiger partial charge >= 0.3 is 0 Å². The Hall–Kier alpha value is -1.43. The Balaban J connectivity index is 2.04. The predicted octanol–water partition coefficient (Wildman–Crippen LogP) is 3.55. The van der Waals surface area contributed by atoms with E-state index in [1.54, 1.807) is 6.07 Å².